The van der Waals surface area contributed by atoms with Crippen molar-refractivity contribution in [1.29, 1.82) is 0 Å². The third-order valence-electron chi connectivity index (χ3n) is 3.64. The van der Waals surface area contributed by atoms with Gasteiger partial charge in [0.05, 0.1) is 0 Å². The van der Waals surface area contributed by atoms with Crippen molar-refractivity contribution in [3.8, 4) is 0 Å². The van der Waals surface area contributed by atoms with E-state index in [4.69, 9.17) is 4.74 Å². The highest BCUT2D eigenvalue weighted by molar-refractivity contribution is 4.78. The van der Waals surface area contributed by atoms with Gasteiger partial charge in [-0.15, -0.1) is 0 Å². The second kappa shape index (κ2) is 8.04. The number of rotatable bonds is 7. The van der Waals surface area contributed by atoms with Gasteiger partial charge in [0.25, 0.3) is 0 Å². The Morgan fingerprint density at radius 3 is 2.81 bits per heavy atom. The molecule has 1 saturated heterocycles. The summed E-state index contributed by atoms with van der Waals surface area (Å²) in [5.41, 5.74) is 0. The Morgan fingerprint density at radius 2 is 2.25 bits per heavy atom. The first kappa shape index (κ1) is 13.9. The molecule has 16 heavy (non-hydrogen) atoms. The zero-order valence-electron chi connectivity index (χ0n) is 11.2. The van der Waals surface area contributed by atoms with Gasteiger partial charge in [0.15, 0.2) is 0 Å². The van der Waals surface area contributed by atoms with Crippen LogP contribution in [0.2, 0.25) is 0 Å². The Kier molecular flexibility index (Phi) is 7.01. The van der Waals surface area contributed by atoms with E-state index in [1.807, 2.05) is 0 Å². The van der Waals surface area contributed by atoms with E-state index in [1.165, 1.54) is 32.4 Å². The molecule has 2 atom stereocenters. The largest absolute Gasteiger partial charge is 0.385 e. The van der Waals surface area contributed by atoms with Crippen LogP contribution in [0.3, 0.4) is 0 Å². The van der Waals surface area contributed by atoms with Gasteiger partial charge in [-0.25, -0.2) is 0 Å². The lowest BCUT2D eigenvalue weighted by Crippen LogP contribution is -2.46. The van der Waals surface area contributed by atoms with Crippen molar-refractivity contribution in [1.82, 2.24) is 10.2 Å². The van der Waals surface area contributed by atoms with Gasteiger partial charge in [-0.3, -0.25) is 4.90 Å². The number of hydrogen-bond acceptors (Lipinski definition) is 3. The van der Waals surface area contributed by atoms with Crippen molar-refractivity contribution in [2.24, 2.45) is 0 Å². The van der Waals surface area contributed by atoms with E-state index in [9.17, 15) is 0 Å². The van der Waals surface area contributed by atoms with Crippen molar-refractivity contribution in [3.05, 3.63) is 0 Å². The predicted molar refractivity (Wildman–Crippen MR) is 68.8 cm³/mol. The molecule has 3 heteroatoms. The summed E-state index contributed by atoms with van der Waals surface area (Å²) in [5, 5.41) is 3.62. The molecule has 0 spiro atoms. The van der Waals surface area contributed by atoms with E-state index < -0.39 is 0 Å². The third-order valence-corrected chi connectivity index (χ3v) is 3.64. The summed E-state index contributed by atoms with van der Waals surface area (Å²) in [5.74, 6) is 0. The first-order valence-corrected chi connectivity index (χ1v) is 6.74. The van der Waals surface area contributed by atoms with E-state index >= 15 is 0 Å². The van der Waals surface area contributed by atoms with Gasteiger partial charge in [0.2, 0.25) is 0 Å². The van der Waals surface area contributed by atoms with Crippen LogP contribution in [0.25, 0.3) is 0 Å². The second-order valence-corrected chi connectivity index (χ2v) is 4.86. The normalized spacial score (nSPS) is 23.6. The predicted octanol–water partition coefficient (Wildman–Crippen LogP) is 1.88. The quantitative estimate of drug-likeness (QED) is 0.720. The number of hydrogen-bond donors (Lipinski definition) is 1. The van der Waals surface area contributed by atoms with Crippen molar-refractivity contribution in [2.45, 2.75) is 51.6 Å². The minimum Gasteiger partial charge on any atom is -0.385 e. The molecule has 1 N–H and O–H groups in total. The summed E-state index contributed by atoms with van der Waals surface area (Å²) in [6.45, 7) is 8.98. The number of methoxy groups -OCH3 is 1. The molecule has 3 nitrogen and oxygen atoms in total. The van der Waals surface area contributed by atoms with Crippen molar-refractivity contribution in [3.63, 3.8) is 0 Å². The van der Waals surface area contributed by atoms with Gasteiger partial charge in [0.1, 0.15) is 0 Å². The van der Waals surface area contributed by atoms with Gasteiger partial charge in [0, 0.05) is 32.3 Å². The fourth-order valence-electron chi connectivity index (χ4n) is 2.45. The molecule has 1 aliphatic rings. The Hall–Kier alpha value is -0.120. The van der Waals surface area contributed by atoms with Crippen LogP contribution >= 0.6 is 0 Å². The number of nitrogens with one attached hydrogen (secondary N) is 1. The fraction of sp³-hybridized carbons (Fsp3) is 1.00. The van der Waals surface area contributed by atoms with Crippen LogP contribution in [-0.4, -0.2) is 50.3 Å². The van der Waals surface area contributed by atoms with E-state index in [1.54, 1.807) is 7.11 Å². The Morgan fingerprint density at radius 1 is 1.44 bits per heavy atom. The van der Waals surface area contributed by atoms with Gasteiger partial charge in [-0.05, 0) is 39.3 Å². The molecule has 0 amide bonds. The molecule has 0 aliphatic carbocycles. The molecule has 0 bridgehead atoms. The first-order chi connectivity index (χ1) is 7.77. The molecule has 1 aliphatic heterocycles. The van der Waals surface area contributed by atoms with E-state index in [-0.39, 0.29) is 0 Å². The van der Waals surface area contributed by atoms with Crippen molar-refractivity contribution >= 4 is 0 Å². The van der Waals surface area contributed by atoms with Crippen LogP contribution in [0.15, 0.2) is 0 Å². The molecular formula is C13H28N2O. The molecule has 1 heterocycles. The van der Waals surface area contributed by atoms with E-state index in [0.717, 1.165) is 19.6 Å². The number of piperidine rings is 1. The summed E-state index contributed by atoms with van der Waals surface area (Å²) in [6, 6.07) is 1.34. The summed E-state index contributed by atoms with van der Waals surface area (Å²) < 4.78 is 5.15. The number of ether oxygens (including phenoxy) is 1. The highest BCUT2D eigenvalue weighted by atomic mass is 16.5. The minimum atomic E-state index is 0.633. The number of nitrogens with zero attached hydrogens (tertiary/aromatic N) is 1. The lowest BCUT2D eigenvalue weighted by Gasteiger charge is -2.33. The molecule has 0 saturated carbocycles. The molecule has 0 aromatic heterocycles. The molecule has 1 fully saturated rings. The Bertz CT molecular complexity index is 169. The third kappa shape index (κ3) is 4.81. The average Bonchev–Trinajstić information content (AvgIpc) is 2.34. The Balaban J connectivity index is 2.28. The highest BCUT2D eigenvalue weighted by Crippen LogP contribution is 2.11. The van der Waals surface area contributed by atoms with Crippen LogP contribution in [0.4, 0.5) is 0 Å². The van der Waals surface area contributed by atoms with Gasteiger partial charge >= 0.3 is 0 Å². The lowest BCUT2D eigenvalue weighted by atomic mass is 10.0. The summed E-state index contributed by atoms with van der Waals surface area (Å²) in [7, 11) is 1.78. The lowest BCUT2D eigenvalue weighted by molar-refractivity contribution is 0.130. The molecule has 0 aromatic rings. The zero-order chi connectivity index (χ0) is 11.8. The van der Waals surface area contributed by atoms with E-state index in [0.29, 0.717) is 12.1 Å². The molecule has 1 rings (SSSR count). The van der Waals surface area contributed by atoms with Gasteiger partial charge in [-0.1, -0.05) is 13.3 Å². The fourth-order valence-corrected chi connectivity index (χ4v) is 2.45. The van der Waals surface area contributed by atoms with E-state index in [2.05, 4.69) is 24.1 Å². The topological polar surface area (TPSA) is 24.5 Å². The van der Waals surface area contributed by atoms with Crippen LogP contribution in [-0.2, 0) is 4.74 Å². The smallest absolute Gasteiger partial charge is 0.0477 e. The van der Waals surface area contributed by atoms with Gasteiger partial charge in [-0.2, -0.15) is 0 Å². The first-order valence-electron chi connectivity index (χ1n) is 6.74. The monoisotopic (exact) mass is 228 g/mol. The average molecular weight is 228 g/mol. The molecule has 0 aromatic carbocycles. The van der Waals surface area contributed by atoms with Crippen LogP contribution < -0.4 is 5.32 Å². The van der Waals surface area contributed by atoms with Gasteiger partial charge < -0.3 is 10.1 Å². The Labute approximate surface area is 101 Å². The van der Waals surface area contributed by atoms with Crippen LogP contribution in [0, 0.1) is 0 Å². The SMILES string of the molecule is CCN(CC1CCCCN1)C(C)CCOC. The molecular weight excluding hydrogens is 200 g/mol. The highest BCUT2D eigenvalue weighted by Gasteiger charge is 2.18. The second-order valence-electron chi connectivity index (χ2n) is 4.86. The number of likely N-dealkylation sites (N-methyl/N-ethyl adjacent to an activating group) is 1. The van der Waals surface area contributed by atoms with Crippen LogP contribution in [0.1, 0.15) is 39.5 Å². The molecule has 2 unspecified atom stereocenters. The molecule has 96 valence electrons. The molecule has 0 radical (unpaired) electrons. The zero-order valence-corrected chi connectivity index (χ0v) is 11.2. The summed E-state index contributed by atoms with van der Waals surface area (Å²) in [6.07, 6.45) is 5.22. The summed E-state index contributed by atoms with van der Waals surface area (Å²) in [4.78, 5) is 2.57. The maximum atomic E-state index is 5.15. The van der Waals surface area contributed by atoms with Crippen molar-refractivity contribution in [2.75, 3.05) is 33.4 Å². The van der Waals surface area contributed by atoms with Crippen LogP contribution in [0.5, 0.6) is 0 Å². The maximum Gasteiger partial charge on any atom is 0.0477 e. The summed E-state index contributed by atoms with van der Waals surface area (Å²) >= 11 is 0. The standard InChI is InChI=1S/C13H28N2O/c1-4-15(12(2)8-10-16-3)11-13-7-5-6-9-14-13/h12-14H,4-11H2,1-3H3. The maximum absolute atomic E-state index is 5.15. The minimum absolute atomic E-state index is 0.633. The van der Waals surface area contributed by atoms with Crippen molar-refractivity contribution < 1.29 is 4.74 Å².